The summed E-state index contributed by atoms with van der Waals surface area (Å²) in [5.74, 6) is -0.813. The van der Waals surface area contributed by atoms with Crippen molar-refractivity contribution in [3.8, 4) is 0 Å². The van der Waals surface area contributed by atoms with Crippen molar-refractivity contribution in [1.82, 2.24) is 5.32 Å². The maximum Gasteiger partial charge on any atom is 0.253 e. The molecule has 30 heavy (non-hydrogen) atoms. The van der Waals surface area contributed by atoms with Crippen LogP contribution in [0.4, 0.5) is 5.69 Å². The highest BCUT2D eigenvalue weighted by molar-refractivity contribution is 7.14. The first-order valence-corrected chi connectivity index (χ1v) is 10.7. The molecule has 2 amide bonds. The maximum absolute atomic E-state index is 12.4. The van der Waals surface area contributed by atoms with Gasteiger partial charge in [-0.3, -0.25) is 19.2 Å². The Bertz CT molecular complexity index is 941. The van der Waals surface area contributed by atoms with E-state index in [4.69, 9.17) is 0 Å². The molecule has 6 nitrogen and oxygen atoms in total. The molecule has 0 bridgehead atoms. The summed E-state index contributed by atoms with van der Waals surface area (Å²) in [6.45, 7) is 7.56. The molecule has 0 aliphatic heterocycles. The third-order valence-electron chi connectivity index (χ3n) is 4.21. The SMILES string of the molecule is Cc1ccc(C(=O)CCC(=O)CCC(=O)Nc2ccccc2C(=O)NC(C)(C)C)s1. The summed E-state index contributed by atoms with van der Waals surface area (Å²) in [5.41, 5.74) is 0.365. The van der Waals surface area contributed by atoms with Crippen LogP contribution in [0.25, 0.3) is 0 Å². The Hall–Kier alpha value is -2.80. The number of amides is 2. The number of aryl methyl sites for hydroxylation is 1. The van der Waals surface area contributed by atoms with Gasteiger partial charge in [0.15, 0.2) is 5.78 Å². The molecule has 1 heterocycles. The molecule has 0 unspecified atom stereocenters. The fourth-order valence-electron chi connectivity index (χ4n) is 2.75. The fraction of sp³-hybridized carbons (Fsp3) is 0.391. The second-order valence-corrected chi connectivity index (χ2v) is 9.46. The van der Waals surface area contributed by atoms with Crippen LogP contribution in [-0.2, 0) is 9.59 Å². The van der Waals surface area contributed by atoms with E-state index in [0.29, 0.717) is 16.1 Å². The van der Waals surface area contributed by atoms with Crippen molar-refractivity contribution in [2.24, 2.45) is 0 Å². The van der Waals surface area contributed by atoms with Crippen LogP contribution >= 0.6 is 11.3 Å². The lowest BCUT2D eigenvalue weighted by Crippen LogP contribution is -2.40. The van der Waals surface area contributed by atoms with Gasteiger partial charge in [0.2, 0.25) is 5.91 Å². The van der Waals surface area contributed by atoms with Gasteiger partial charge in [-0.1, -0.05) is 12.1 Å². The zero-order valence-corrected chi connectivity index (χ0v) is 18.7. The molecule has 0 atom stereocenters. The number of thiophene rings is 1. The number of hydrogen-bond donors (Lipinski definition) is 2. The summed E-state index contributed by atoms with van der Waals surface area (Å²) in [5, 5.41) is 5.57. The molecule has 0 aliphatic rings. The number of Topliss-reactive ketones (excluding diaryl/α,β-unsaturated/α-hetero) is 2. The van der Waals surface area contributed by atoms with Crippen molar-refractivity contribution in [2.75, 3.05) is 5.32 Å². The summed E-state index contributed by atoms with van der Waals surface area (Å²) in [4.78, 5) is 50.6. The zero-order chi connectivity index (χ0) is 22.3. The third-order valence-corrected chi connectivity index (χ3v) is 5.25. The van der Waals surface area contributed by atoms with Crippen LogP contribution in [0, 0.1) is 6.92 Å². The van der Waals surface area contributed by atoms with Gasteiger partial charge in [0, 0.05) is 36.1 Å². The van der Waals surface area contributed by atoms with E-state index in [-0.39, 0.29) is 49.1 Å². The minimum atomic E-state index is -0.403. The highest BCUT2D eigenvalue weighted by atomic mass is 32.1. The van der Waals surface area contributed by atoms with Gasteiger partial charge in [-0.05, 0) is 52.0 Å². The summed E-state index contributed by atoms with van der Waals surface area (Å²) >= 11 is 1.42. The molecule has 0 saturated heterocycles. The van der Waals surface area contributed by atoms with Gasteiger partial charge in [0.05, 0.1) is 16.1 Å². The second kappa shape index (κ2) is 10.3. The predicted molar refractivity (Wildman–Crippen MR) is 119 cm³/mol. The van der Waals surface area contributed by atoms with Crippen molar-refractivity contribution in [3.63, 3.8) is 0 Å². The normalized spacial score (nSPS) is 11.1. The smallest absolute Gasteiger partial charge is 0.253 e. The molecule has 1 aromatic carbocycles. The first kappa shape index (κ1) is 23.5. The van der Waals surface area contributed by atoms with Gasteiger partial charge in [-0.2, -0.15) is 0 Å². The zero-order valence-electron chi connectivity index (χ0n) is 17.8. The van der Waals surface area contributed by atoms with E-state index in [2.05, 4.69) is 10.6 Å². The van der Waals surface area contributed by atoms with Crippen LogP contribution in [0.2, 0.25) is 0 Å². The van der Waals surface area contributed by atoms with E-state index in [0.717, 1.165) is 4.88 Å². The Morgan fingerprint density at radius 3 is 2.20 bits per heavy atom. The minimum absolute atomic E-state index is 0.000355. The summed E-state index contributed by atoms with van der Waals surface area (Å²) < 4.78 is 0. The number of anilines is 1. The number of ketones is 2. The average Bonchev–Trinajstić information content (AvgIpc) is 3.10. The average molecular weight is 429 g/mol. The van der Waals surface area contributed by atoms with Gasteiger partial charge in [-0.15, -0.1) is 11.3 Å². The third kappa shape index (κ3) is 7.55. The number of carbonyl (C=O) groups excluding carboxylic acids is 4. The Morgan fingerprint density at radius 2 is 1.57 bits per heavy atom. The van der Waals surface area contributed by atoms with Gasteiger partial charge in [0.1, 0.15) is 5.78 Å². The first-order valence-electron chi connectivity index (χ1n) is 9.88. The molecule has 1 aromatic heterocycles. The highest BCUT2D eigenvalue weighted by Gasteiger charge is 2.19. The van der Waals surface area contributed by atoms with Crippen LogP contribution in [-0.4, -0.2) is 28.9 Å². The summed E-state index contributed by atoms with van der Waals surface area (Å²) in [6, 6.07) is 10.4. The van der Waals surface area contributed by atoms with E-state index in [1.807, 2.05) is 33.8 Å². The van der Waals surface area contributed by atoms with E-state index < -0.39 is 5.54 Å². The van der Waals surface area contributed by atoms with Crippen LogP contribution in [0.1, 0.15) is 71.4 Å². The molecule has 160 valence electrons. The first-order chi connectivity index (χ1) is 14.0. The Labute approximate surface area is 181 Å². The van der Waals surface area contributed by atoms with E-state index in [1.54, 1.807) is 30.3 Å². The van der Waals surface area contributed by atoms with E-state index in [1.165, 1.54) is 11.3 Å². The molecule has 0 aliphatic carbocycles. The standard InChI is InChI=1S/C23H28N2O4S/c1-15-9-13-20(30-15)19(27)12-10-16(26)11-14-21(28)24-18-8-6-5-7-17(18)22(29)25-23(2,3)4/h5-9,13H,10-12,14H2,1-4H3,(H,24,28)(H,25,29). The molecular formula is C23H28N2O4S. The van der Waals surface area contributed by atoms with E-state index >= 15 is 0 Å². The second-order valence-electron chi connectivity index (χ2n) is 8.17. The predicted octanol–water partition coefficient (Wildman–Crippen LogP) is 4.54. The Kier molecular flexibility index (Phi) is 8.06. The van der Waals surface area contributed by atoms with Crippen LogP contribution in [0.5, 0.6) is 0 Å². The Morgan fingerprint density at radius 1 is 0.900 bits per heavy atom. The molecule has 2 aromatic rings. The van der Waals surface area contributed by atoms with Crippen molar-refractivity contribution >= 4 is 40.4 Å². The number of nitrogens with one attached hydrogen (secondary N) is 2. The van der Waals surface area contributed by atoms with E-state index in [9.17, 15) is 19.2 Å². The van der Waals surface area contributed by atoms with Crippen LogP contribution in [0.15, 0.2) is 36.4 Å². The molecule has 2 N–H and O–H groups in total. The van der Waals surface area contributed by atoms with Gasteiger partial charge in [0.25, 0.3) is 5.91 Å². The molecule has 0 radical (unpaired) electrons. The maximum atomic E-state index is 12.4. The number of rotatable bonds is 9. The Balaban J connectivity index is 1.84. The molecule has 0 saturated carbocycles. The molecule has 0 fully saturated rings. The number of carbonyl (C=O) groups is 4. The number of hydrogen-bond acceptors (Lipinski definition) is 5. The molecule has 2 rings (SSSR count). The largest absolute Gasteiger partial charge is 0.347 e. The molecule has 0 spiro atoms. The number of para-hydroxylation sites is 1. The minimum Gasteiger partial charge on any atom is -0.347 e. The molecule has 7 heteroatoms. The lowest BCUT2D eigenvalue weighted by atomic mass is 10.1. The van der Waals surface area contributed by atoms with Crippen LogP contribution in [0.3, 0.4) is 0 Å². The lowest BCUT2D eigenvalue weighted by Gasteiger charge is -2.21. The lowest BCUT2D eigenvalue weighted by molar-refractivity contribution is -0.122. The quantitative estimate of drug-likeness (QED) is 0.574. The fourth-order valence-corrected chi connectivity index (χ4v) is 3.58. The summed E-state index contributed by atoms with van der Waals surface area (Å²) in [6.07, 6.45) is 0.323. The topological polar surface area (TPSA) is 92.3 Å². The summed E-state index contributed by atoms with van der Waals surface area (Å²) in [7, 11) is 0. The van der Waals surface area contributed by atoms with Crippen molar-refractivity contribution in [3.05, 3.63) is 51.7 Å². The highest BCUT2D eigenvalue weighted by Crippen LogP contribution is 2.19. The van der Waals surface area contributed by atoms with Crippen molar-refractivity contribution in [1.29, 1.82) is 0 Å². The number of benzene rings is 1. The van der Waals surface area contributed by atoms with Crippen LogP contribution < -0.4 is 10.6 Å². The monoisotopic (exact) mass is 428 g/mol. The van der Waals surface area contributed by atoms with Crippen molar-refractivity contribution < 1.29 is 19.2 Å². The van der Waals surface area contributed by atoms with Gasteiger partial charge in [-0.25, -0.2) is 0 Å². The van der Waals surface area contributed by atoms with Gasteiger partial charge < -0.3 is 10.6 Å². The van der Waals surface area contributed by atoms with Crippen molar-refractivity contribution in [2.45, 2.75) is 58.9 Å². The molecular weight excluding hydrogens is 400 g/mol. The van der Waals surface area contributed by atoms with Gasteiger partial charge >= 0.3 is 0 Å².